The molecule has 1 heterocycles. The molecule has 1 aliphatic heterocycles. The monoisotopic (exact) mass is 418 g/mol. The van der Waals surface area contributed by atoms with Crippen molar-refractivity contribution in [2.75, 3.05) is 25.5 Å². The molecule has 1 amide bonds. The molecule has 4 rings (SSSR count). The number of nitrogens with one attached hydrogen (secondary N) is 1. The summed E-state index contributed by atoms with van der Waals surface area (Å²) in [6, 6.07) is 22.3. The van der Waals surface area contributed by atoms with Crippen molar-refractivity contribution in [1.29, 1.82) is 0 Å². The van der Waals surface area contributed by atoms with Gasteiger partial charge in [0.2, 0.25) is 5.91 Å². The van der Waals surface area contributed by atoms with Crippen LogP contribution in [-0.4, -0.2) is 31.0 Å². The second-order valence-electron chi connectivity index (χ2n) is 7.96. The summed E-state index contributed by atoms with van der Waals surface area (Å²) in [5.41, 5.74) is 3.89. The van der Waals surface area contributed by atoms with Crippen LogP contribution in [-0.2, 0) is 11.3 Å². The summed E-state index contributed by atoms with van der Waals surface area (Å²) in [7, 11) is 1.65. The highest BCUT2D eigenvalue weighted by Gasteiger charge is 2.26. The molecule has 160 valence electrons. The zero-order chi connectivity index (χ0) is 21.6. The largest absolute Gasteiger partial charge is 0.497 e. The minimum absolute atomic E-state index is 0.0461. The molecule has 0 aromatic heterocycles. The number of para-hydroxylation sites is 1. The van der Waals surface area contributed by atoms with Crippen molar-refractivity contribution in [3.05, 3.63) is 84.2 Å². The van der Waals surface area contributed by atoms with Crippen LogP contribution < -0.4 is 10.1 Å². The van der Waals surface area contributed by atoms with E-state index in [1.165, 1.54) is 12.1 Å². The fourth-order valence-electron chi connectivity index (χ4n) is 4.11. The molecule has 1 fully saturated rings. The number of nitrogens with zero attached hydrogens (tertiary/aromatic N) is 1. The maximum absolute atomic E-state index is 13.2. The van der Waals surface area contributed by atoms with Gasteiger partial charge < -0.3 is 10.1 Å². The summed E-state index contributed by atoms with van der Waals surface area (Å²) < 4.78 is 18.4. The van der Waals surface area contributed by atoms with E-state index in [-0.39, 0.29) is 17.6 Å². The number of benzene rings is 3. The molecule has 1 atom stereocenters. The van der Waals surface area contributed by atoms with Crippen LogP contribution >= 0.6 is 0 Å². The van der Waals surface area contributed by atoms with Gasteiger partial charge in [-0.3, -0.25) is 9.69 Å². The van der Waals surface area contributed by atoms with E-state index >= 15 is 0 Å². The van der Waals surface area contributed by atoms with Gasteiger partial charge >= 0.3 is 0 Å². The van der Waals surface area contributed by atoms with E-state index in [0.717, 1.165) is 54.1 Å². The predicted molar refractivity (Wildman–Crippen MR) is 121 cm³/mol. The third-order valence-electron chi connectivity index (χ3n) is 5.78. The van der Waals surface area contributed by atoms with E-state index in [1.54, 1.807) is 7.11 Å². The minimum atomic E-state index is -0.227. The topological polar surface area (TPSA) is 41.6 Å². The van der Waals surface area contributed by atoms with Crippen molar-refractivity contribution in [1.82, 2.24) is 4.90 Å². The maximum Gasteiger partial charge on any atom is 0.228 e. The Morgan fingerprint density at radius 2 is 1.81 bits per heavy atom. The molecule has 0 saturated carbocycles. The molecule has 0 radical (unpaired) electrons. The van der Waals surface area contributed by atoms with Gasteiger partial charge in [-0.05, 0) is 60.8 Å². The summed E-state index contributed by atoms with van der Waals surface area (Å²) in [6.07, 6.45) is 1.84. The van der Waals surface area contributed by atoms with Gasteiger partial charge in [0.1, 0.15) is 11.6 Å². The third-order valence-corrected chi connectivity index (χ3v) is 5.78. The van der Waals surface area contributed by atoms with Crippen LogP contribution in [0.1, 0.15) is 18.4 Å². The number of hydrogen-bond donors (Lipinski definition) is 1. The van der Waals surface area contributed by atoms with Gasteiger partial charge in [0, 0.05) is 24.3 Å². The lowest BCUT2D eigenvalue weighted by molar-refractivity contribution is -0.121. The van der Waals surface area contributed by atoms with E-state index in [1.807, 2.05) is 60.7 Å². The first-order chi connectivity index (χ1) is 15.1. The Morgan fingerprint density at radius 1 is 1.06 bits per heavy atom. The number of halogens is 1. The van der Waals surface area contributed by atoms with E-state index in [9.17, 15) is 9.18 Å². The molecule has 3 aromatic carbocycles. The molecule has 1 aliphatic rings. The number of anilines is 1. The predicted octanol–water partition coefficient (Wildman–Crippen LogP) is 5.35. The van der Waals surface area contributed by atoms with Crippen LogP contribution in [0.2, 0.25) is 0 Å². The van der Waals surface area contributed by atoms with Crippen LogP contribution in [0, 0.1) is 11.7 Å². The highest BCUT2D eigenvalue weighted by molar-refractivity contribution is 5.97. The van der Waals surface area contributed by atoms with E-state index in [0.29, 0.717) is 6.54 Å². The molecular formula is C26H27FN2O2. The first kappa shape index (κ1) is 21.1. The van der Waals surface area contributed by atoms with Gasteiger partial charge in [-0.2, -0.15) is 0 Å². The Kier molecular flexibility index (Phi) is 6.63. The number of rotatable bonds is 6. The number of amides is 1. The van der Waals surface area contributed by atoms with Crippen LogP contribution in [0.5, 0.6) is 5.75 Å². The Morgan fingerprint density at radius 3 is 2.55 bits per heavy atom. The lowest BCUT2D eigenvalue weighted by Crippen LogP contribution is -2.40. The molecule has 31 heavy (non-hydrogen) atoms. The lowest BCUT2D eigenvalue weighted by atomic mass is 9.96. The first-order valence-corrected chi connectivity index (χ1v) is 10.6. The molecule has 1 N–H and O–H groups in total. The lowest BCUT2D eigenvalue weighted by Gasteiger charge is -2.32. The average Bonchev–Trinajstić information content (AvgIpc) is 2.81. The number of carbonyl (C=O) groups is 1. The molecule has 0 unspecified atom stereocenters. The molecule has 5 heteroatoms. The van der Waals surface area contributed by atoms with Crippen LogP contribution in [0.25, 0.3) is 11.1 Å². The smallest absolute Gasteiger partial charge is 0.228 e. The minimum Gasteiger partial charge on any atom is -0.497 e. The summed E-state index contributed by atoms with van der Waals surface area (Å²) in [6.45, 7) is 2.38. The average molecular weight is 419 g/mol. The molecule has 1 saturated heterocycles. The maximum atomic E-state index is 13.2. The summed E-state index contributed by atoms with van der Waals surface area (Å²) in [5.74, 6) is 0.548. The Balaban J connectivity index is 1.43. The van der Waals surface area contributed by atoms with Crippen molar-refractivity contribution in [2.24, 2.45) is 5.92 Å². The second kappa shape index (κ2) is 9.75. The molecule has 0 aliphatic carbocycles. The van der Waals surface area contributed by atoms with Gasteiger partial charge in [-0.25, -0.2) is 4.39 Å². The highest BCUT2D eigenvalue weighted by atomic mass is 19.1. The zero-order valence-corrected chi connectivity index (χ0v) is 17.7. The van der Waals surface area contributed by atoms with E-state index in [4.69, 9.17) is 4.74 Å². The number of carbonyl (C=O) groups excluding carboxylic acids is 1. The molecular weight excluding hydrogens is 391 g/mol. The van der Waals surface area contributed by atoms with Gasteiger partial charge in [-0.15, -0.1) is 0 Å². The van der Waals surface area contributed by atoms with Crippen molar-refractivity contribution < 1.29 is 13.9 Å². The standard InChI is InChI=1S/C26H27FN2O2/c1-31-23-14-10-20(11-15-23)24-6-2-3-7-25(24)28-26(30)21-5-4-16-29(18-21)17-19-8-12-22(27)13-9-19/h2-3,6-15,21H,4-5,16-18H2,1H3,(H,28,30)/t21-/m1/s1. The quantitative estimate of drug-likeness (QED) is 0.587. The number of ether oxygens (including phenoxy) is 1. The number of hydrogen-bond acceptors (Lipinski definition) is 3. The highest BCUT2D eigenvalue weighted by Crippen LogP contribution is 2.30. The Hall–Kier alpha value is -3.18. The first-order valence-electron chi connectivity index (χ1n) is 10.6. The SMILES string of the molecule is COc1ccc(-c2ccccc2NC(=O)[C@@H]2CCCN(Cc3ccc(F)cc3)C2)cc1. The second-order valence-corrected chi connectivity index (χ2v) is 7.96. The number of likely N-dealkylation sites (tertiary alicyclic amines) is 1. The number of piperidine rings is 1. The number of methoxy groups -OCH3 is 1. The van der Waals surface area contributed by atoms with Crippen LogP contribution in [0.15, 0.2) is 72.8 Å². The van der Waals surface area contributed by atoms with Crippen molar-refractivity contribution in [2.45, 2.75) is 19.4 Å². The van der Waals surface area contributed by atoms with Crippen molar-refractivity contribution in [3.8, 4) is 16.9 Å². The van der Waals surface area contributed by atoms with Gasteiger partial charge in [0.05, 0.1) is 13.0 Å². The van der Waals surface area contributed by atoms with Crippen LogP contribution in [0.3, 0.4) is 0 Å². The van der Waals surface area contributed by atoms with Gasteiger partial charge in [-0.1, -0.05) is 42.5 Å². The summed E-state index contributed by atoms with van der Waals surface area (Å²) in [5, 5.41) is 3.15. The fourth-order valence-corrected chi connectivity index (χ4v) is 4.11. The fraction of sp³-hybridized carbons (Fsp3) is 0.269. The Labute approximate surface area is 182 Å². The third kappa shape index (κ3) is 5.30. The summed E-state index contributed by atoms with van der Waals surface area (Å²) >= 11 is 0. The zero-order valence-electron chi connectivity index (χ0n) is 17.7. The summed E-state index contributed by atoms with van der Waals surface area (Å²) in [4.78, 5) is 15.4. The Bertz CT molecular complexity index is 1020. The van der Waals surface area contributed by atoms with Crippen molar-refractivity contribution >= 4 is 11.6 Å². The molecule has 0 spiro atoms. The van der Waals surface area contributed by atoms with E-state index < -0.39 is 0 Å². The molecule has 3 aromatic rings. The van der Waals surface area contributed by atoms with E-state index in [2.05, 4.69) is 10.2 Å². The van der Waals surface area contributed by atoms with Gasteiger partial charge in [0.15, 0.2) is 0 Å². The van der Waals surface area contributed by atoms with Gasteiger partial charge in [0.25, 0.3) is 0 Å². The van der Waals surface area contributed by atoms with Crippen LogP contribution in [0.4, 0.5) is 10.1 Å². The normalized spacial score (nSPS) is 16.6. The molecule has 4 nitrogen and oxygen atoms in total. The van der Waals surface area contributed by atoms with Crippen molar-refractivity contribution in [3.63, 3.8) is 0 Å². The molecule has 0 bridgehead atoms.